The number of rotatable bonds is 6. The van der Waals surface area contributed by atoms with Gasteiger partial charge in [0.2, 0.25) is 0 Å². The first-order valence-electron chi connectivity index (χ1n) is 6.41. The van der Waals surface area contributed by atoms with Gasteiger partial charge in [-0.25, -0.2) is 15.0 Å². The first-order valence-corrected chi connectivity index (χ1v) is 7.29. The predicted molar refractivity (Wildman–Crippen MR) is 79.7 cm³/mol. The third-order valence-corrected chi connectivity index (χ3v) is 3.67. The lowest BCUT2D eigenvalue weighted by molar-refractivity contribution is 0.956. The summed E-state index contributed by atoms with van der Waals surface area (Å²) in [7, 11) is 0. The molecule has 0 saturated carbocycles. The molecule has 0 spiro atoms. The first-order chi connectivity index (χ1) is 9.20. The molecule has 0 aliphatic carbocycles. The quantitative estimate of drug-likeness (QED) is 0.850. The van der Waals surface area contributed by atoms with Gasteiger partial charge < -0.3 is 10.6 Å². The Morgan fingerprint density at radius 1 is 1.16 bits per heavy atom. The fourth-order valence-corrected chi connectivity index (χ4v) is 2.40. The maximum absolute atomic E-state index is 4.42. The van der Waals surface area contributed by atoms with Crippen LogP contribution >= 0.6 is 11.3 Å². The normalized spacial score (nSPS) is 10.5. The van der Waals surface area contributed by atoms with Gasteiger partial charge in [-0.15, -0.1) is 11.3 Å². The molecule has 0 fully saturated rings. The monoisotopic (exact) mass is 277 g/mol. The lowest BCUT2D eigenvalue weighted by Crippen LogP contribution is -2.08. The molecule has 5 nitrogen and oxygen atoms in total. The molecule has 2 N–H and O–H groups in total. The summed E-state index contributed by atoms with van der Waals surface area (Å²) in [5.41, 5.74) is 2.11. The molecule has 0 radical (unpaired) electrons. The highest BCUT2D eigenvalue weighted by atomic mass is 32.1. The van der Waals surface area contributed by atoms with Crippen LogP contribution < -0.4 is 10.6 Å². The zero-order valence-electron chi connectivity index (χ0n) is 11.5. The summed E-state index contributed by atoms with van der Waals surface area (Å²) in [4.78, 5) is 13.0. The molecule has 0 aromatic carbocycles. The van der Waals surface area contributed by atoms with Gasteiger partial charge >= 0.3 is 0 Å². The molecule has 19 heavy (non-hydrogen) atoms. The summed E-state index contributed by atoms with van der Waals surface area (Å²) in [5.74, 6) is 1.76. The smallest absolute Gasteiger partial charge is 0.134 e. The van der Waals surface area contributed by atoms with E-state index >= 15 is 0 Å². The summed E-state index contributed by atoms with van der Waals surface area (Å²) in [6.07, 6.45) is 2.66. The van der Waals surface area contributed by atoms with Gasteiger partial charge in [0.1, 0.15) is 23.0 Å². The number of nitrogens with zero attached hydrogens (tertiary/aromatic N) is 3. The summed E-state index contributed by atoms with van der Waals surface area (Å²) < 4.78 is 0. The molecule has 2 heterocycles. The van der Waals surface area contributed by atoms with E-state index in [0.29, 0.717) is 6.54 Å². The van der Waals surface area contributed by atoms with E-state index in [-0.39, 0.29) is 0 Å². The minimum Gasteiger partial charge on any atom is -0.370 e. The topological polar surface area (TPSA) is 62.7 Å². The number of hydrogen-bond acceptors (Lipinski definition) is 6. The van der Waals surface area contributed by atoms with Crippen LogP contribution in [0.5, 0.6) is 0 Å². The molecular formula is C13H19N5S. The molecule has 0 bridgehead atoms. The molecule has 2 aromatic rings. The van der Waals surface area contributed by atoms with Crippen molar-refractivity contribution in [2.24, 2.45) is 0 Å². The van der Waals surface area contributed by atoms with Crippen molar-refractivity contribution >= 4 is 23.0 Å². The van der Waals surface area contributed by atoms with E-state index in [9.17, 15) is 0 Å². The average molecular weight is 277 g/mol. The van der Waals surface area contributed by atoms with Crippen LogP contribution in [0.3, 0.4) is 0 Å². The van der Waals surface area contributed by atoms with Gasteiger partial charge in [0.25, 0.3) is 0 Å². The van der Waals surface area contributed by atoms with Gasteiger partial charge in [0.05, 0.1) is 6.54 Å². The van der Waals surface area contributed by atoms with Crippen molar-refractivity contribution in [1.29, 1.82) is 0 Å². The standard InChI is InChI=1S/C13H19N5S/c1-4-5-14-12-10(3)13(17-8-16-12)15-6-11-18-9(2)7-19-11/h7-8H,4-6H2,1-3H3,(H2,14,15,16,17). The van der Waals surface area contributed by atoms with E-state index < -0.39 is 0 Å². The highest BCUT2D eigenvalue weighted by Crippen LogP contribution is 2.19. The molecule has 0 saturated heterocycles. The van der Waals surface area contributed by atoms with E-state index in [4.69, 9.17) is 0 Å². The third kappa shape index (κ3) is 3.64. The SMILES string of the molecule is CCCNc1ncnc(NCc2nc(C)cs2)c1C. The summed E-state index contributed by atoms with van der Waals surface area (Å²) in [6, 6.07) is 0. The Kier molecular flexibility index (Phi) is 4.68. The largest absolute Gasteiger partial charge is 0.370 e. The number of thiazole rings is 1. The zero-order valence-corrected chi connectivity index (χ0v) is 12.3. The van der Waals surface area contributed by atoms with E-state index in [0.717, 1.165) is 40.9 Å². The van der Waals surface area contributed by atoms with Crippen LogP contribution in [-0.2, 0) is 6.54 Å². The van der Waals surface area contributed by atoms with Crippen LogP contribution in [-0.4, -0.2) is 21.5 Å². The van der Waals surface area contributed by atoms with Gasteiger partial charge in [-0.05, 0) is 20.3 Å². The maximum Gasteiger partial charge on any atom is 0.134 e. The third-order valence-electron chi connectivity index (χ3n) is 2.70. The molecule has 0 aliphatic rings. The van der Waals surface area contributed by atoms with E-state index in [1.807, 2.05) is 13.8 Å². The fraction of sp³-hybridized carbons (Fsp3) is 0.462. The van der Waals surface area contributed by atoms with Crippen LogP contribution in [0.1, 0.15) is 29.6 Å². The second-order valence-corrected chi connectivity index (χ2v) is 5.30. The van der Waals surface area contributed by atoms with Crippen molar-refractivity contribution in [3.8, 4) is 0 Å². The van der Waals surface area contributed by atoms with Gasteiger partial charge in [0, 0.05) is 23.2 Å². The Balaban J connectivity index is 2.03. The van der Waals surface area contributed by atoms with Crippen molar-refractivity contribution in [3.05, 3.63) is 28.0 Å². The van der Waals surface area contributed by atoms with Gasteiger partial charge in [0.15, 0.2) is 0 Å². The van der Waals surface area contributed by atoms with Crippen LogP contribution in [0.4, 0.5) is 11.6 Å². The van der Waals surface area contributed by atoms with Crippen molar-refractivity contribution in [3.63, 3.8) is 0 Å². The first kappa shape index (κ1) is 13.7. The Morgan fingerprint density at radius 3 is 2.53 bits per heavy atom. The van der Waals surface area contributed by atoms with Crippen LogP contribution in [0.15, 0.2) is 11.7 Å². The molecule has 6 heteroatoms. The lowest BCUT2D eigenvalue weighted by Gasteiger charge is -2.11. The minimum atomic E-state index is 0.698. The number of aryl methyl sites for hydroxylation is 1. The molecule has 2 aromatic heterocycles. The highest BCUT2D eigenvalue weighted by Gasteiger charge is 2.07. The average Bonchev–Trinajstić information content (AvgIpc) is 2.82. The van der Waals surface area contributed by atoms with E-state index in [2.05, 4.69) is 37.9 Å². The predicted octanol–water partition coefficient (Wildman–Crippen LogP) is 2.98. The van der Waals surface area contributed by atoms with Crippen LogP contribution in [0.25, 0.3) is 0 Å². The van der Waals surface area contributed by atoms with E-state index in [1.54, 1.807) is 17.7 Å². The van der Waals surface area contributed by atoms with E-state index in [1.165, 1.54) is 0 Å². The number of nitrogens with one attached hydrogen (secondary N) is 2. The number of hydrogen-bond donors (Lipinski definition) is 2. The zero-order chi connectivity index (χ0) is 13.7. The molecular weight excluding hydrogens is 258 g/mol. The Hall–Kier alpha value is -1.69. The Labute approximate surface area is 117 Å². The molecule has 2 rings (SSSR count). The summed E-state index contributed by atoms with van der Waals surface area (Å²) in [5, 5.41) is 9.74. The number of anilines is 2. The molecule has 102 valence electrons. The lowest BCUT2D eigenvalue weighted by atomic mass is 10.3. The maximum atomic E-state index is 4.42. The molecule has 0 unspecified atom stereocenters. The molecule has 0 atom stereocenters. The Morgan fingerprint density at radius 2 is 1.89 bits per heavy atom. The fourth-order valence-electron chi connectivity index (χ4n) is 1.69. The number of aromatic nitrogens is 3. The van der Waals surface area contributed by atoms with Gasteiger partial charge in [-0.3, -0.25) is 0 Å². The van der Waals surface area contributed by atoms with Crippen molar-refractivity contribution in [1.82, 2.24) is 15.0 Å². The van der Waals surface area contributed by atoms with Crippen LogP contribution in [0, 0.1) is 13.8 Å². The minimum absolute atomic E-state index is 0.698. The molecule has 0 aliphatic heterocycles. The van der Waals surface area contributed by atoms with Gasteiger partial charge in [-0.1, -0.05) is 6.92 Å². The summed E-state index contributed by atoms with van der Waals surface area (Å²) >= 11 is 1.66. The van der Waals surface area contributed by atoms with Crippen molar-refractivity contribution < 1.29 is 0 Å². The summed E-state index contributed by atoms with van der Waals surface area (Å²) in [6.45, 7) is 7.77. The Bertz CT molecular complexity index is 538. The van der Waals surface area contributed by atoms with Crippen molar-refractivity contribution in [2.45, 2.75) is 33.7 Å². The van der Waals surface area contributed by atoms with Crippen LogP contribution in [0.2, 0.25) is 0 Å². The van der Waals surface area contributed by atoms with Crippen molar-refractivity contribution in [2.75, 3.05) is 17.2 Å². The van der Waals surface area contributed by atoms with Gasteiger partial charge in [-0.2, -0.15) is 0 Å². The second-order valence-electron chi connectivity index (χ2n) is 4.36. The molecule has 0 amide bonds. The second kappa shape index (κ2) is 6.47. The highest BCUT2D eigenvalue weighted by molar-refractivity contribution is 7.09.